The van der Waals surface area contributed by atoms with Crippen LogP contribution in [0.15, 0.2) is 28.7 Å². The van der Waals surface area contributed by atoms with Gasteiger partial charge in [-0.15, -0.1) is 0 Å². The Kier molecular flexibility index (Phi) is 4.08. The van der Waals surface area contributed by atoms with E-state index in [9.17, 15) is 14.7 Å². The number of hydrogen-bond donors (Lipinski definition) is 2. The number of halogens is 1. The fourth-order valence-corrected chi connectivity index (χ4v) is 2.98. The summed E-state index contributed by atoms with van der Waals surface area (Å²) < 4.78 is 0.856. The topological polar surface area (TPSA) is 82.5 Å². The van der Waals surface area contributed by atoms with Crippen molar-refractivity contribution in [1.29, 1.82) is 0 Å². The molecule has 120 valence electrons. The normalized spacial score (nSPS) is 21.3. The molecule has 7 heteroatoms. The van der Waals surface area contributed by atoms with Crippen molar-refractivity contribution in [3.8, 4) is 0 Å². The Morgan fingerprint density at radius 2 is 1.87 bits per heavy atom. The highest BCUT2D eigenvalue weighted by Gasteiger charge is 2.42. The van der Waals surface area contributed by atoms with Crippen LogP contribution in [0.25, 0.3) is 10.9 Å². The number of aliphatic hydroxyl groups is 1. The standard InChI is InChI=1S/C16H16BrN3O3/c1-8-9(2)16(23)20(15(8)22)19-14-5-10(7-21)12-4-3-11(17)6-13(12)18-14/h3-6,8-9,21H,7H2,1-2H3,(H,18,19). The zero-order valence-electron chi connectivity index (χ0n) is 12.7. The third-order valence-electron chi connectivity index (χ3n) is 4.22. The van der Waals surface area contributed by atoms with Gasteiger partial charge in [0.1, 0.15) is 5.82 Å². The molecule has 2 heterocycles. The van der Waals surface area contributed by atoms with Crippen molar-refractivity contribution in [1.82, 2.24) is 9.99 Å². The van der Waals surface area contributed by atoms with E-state index >= 15 is 0 Å². The molecule has 0 radical (unpaired) electrons. The number of anilines is 1. The Morgan fingerprint density at radius 3 is 2.48 bits per heavy atom. The molecule has 1 aliphatic rings. The van der Waals surface area contributed by atoms with Crippen LogP contribution in [0.5, 0.6) is 0 Å². The molecular weight excluding hydrogens is 362 g/mol. The number of pyridine rings is 1. The second-order valence-corrected chi connectivity index (χ2v) is 6.60. The number of hydrazine groups is 1. The summed E-state index contributed by atoms with van der Waals surface area (Å²) in [6.07, 6.45) is 0. The van der Waals surface area contributed by atoms with Gasteiger partial charge in [0.05, 0.1) is 12.1 Å². The largest absolute Gasteiger partial charge is 0.392 e. The van der Waals surface area contributed by atoms with Crippen molar-refractivity contribution in [2.45, 2.75) is 20.5 Å². The van der Waals surface area contributed by atoms with Crippen LogP contribution in [0.2, 0.25) is 0 Å². The van der Waals surface area contributed by atoms with Gasteiger partial charge >= 0.3 is 0 Å². The highest BCUT2D eigenvalue weighted by Crippen LogP contribution is 2.28. The molecule has 2 N–H and O–H groups in total. The molecule has 1 aromatic carbocycles. The molecule has 2 atom stereocenters. The van der Waals surface area contributed by atoms with E-state index in [1.54, 1.807) is 19.9 Å². The Balaban J connectivity index is 2.00. The molecule has 1 saturated heterocycles. The first kappa shape index (κ1) is 15.9. The molecule has 2 unspecified atom stereocenters. The Bertz CT molecular complexity index is 789. The minimum atomic E-state index is -0.359. The van der Waals surface area contributed by atoms with Gasteiger partial charge in [-0.05, 0) is 23.8 Å². The zero-order chi connectivity index (χ0) is 16.7. The van der Waals surface area contributed by atoms with E-state index in [-0.39, 0.29) is 30.3 Å². The SMILES string of the molecule is CC1C(=O)N(Nc2cc(CO)c3ccc(Br)cc3n2)C(=O)C1C. The Morgan fingerprint density at radius 1 is 1.22 bits per heavy atom. The van der Waals surface area contributed by atoms with E-state index in [1.165, 1.54) is 0 Å². The lowest BCUT2D eigenvalue weighted by Gasteiger charge is -2.17. The quantitative estimate of drug-likeness (QED) is 0.802. The van der Waals surface area contributed by atoms with Gasteiger partial charge in [0.2, 0.25) is 0 Å². The van der Waals surface area contributed by atoms with Crippen LogP contribution < -0.4 is 5.43 Å². The molecule has 0 saturated carbocycles. The third kappa shape index (κ3) is 2.70. The average molecular weight is 378 g/mol. The summed E-state index contributed by atoms with van der Waals surface area (Å²) >= 11 is 3.38. The van der Waals surface area contributed by atoms with Gasteiger partial charge in [0.25, 0.3) is 11.8 Å². The predicted molar refractivity (Wildman–Crippen MR) is 89.2 cm³/mol. The van der Waals surface area contributed by atoms with Gasteiger partial charge in [-0.1, -0.05) is 35.8 Å². The van der Waals surface area contributed by atoms with Crippen LogP contribution in [0.4, 0.5) is 5.82 Å². The van der Waals surface area contributed by atoms with Gasteiger partial charge in [0, 0.05) is 21.7 Å². The summed E-state index contributed by atoms with van der Waals surface area (Å²) in [4.78, 5) is 28.7. The maximum atomic E-state index is 12.2. The number of imide groups is 1. The van der Waals surface area contributed by atoms with Crippen molar-refractivity contribution in [3.05, 3.63) is 34.3 Å². The van der Waals surface area contributed by atoms with E-state index in [4.69, 9.17) is 0 Å². The summed E-state index contributed by atoms with van der Waals surface area (Å²) in [5.74, 6) is -0.917. The van der Waals surface area contributed by atoms with Crippen LogP contribution in [-0.4, -0.2) is 26.9 Å². The van der Waals surface area contributed by atoms with E-state index in [0.29, 0.717) is 16.9 Å². The fourth-order valence-electron chi connectivity index (χ4n) is 2.63. The highest BCUT2D eigenvalue weighted by atomic mass is 79.9. The number of rotatable bonds is 3. The van der Waals surface area contributed by atoms with Crippen molar-refractivity contribution < 1.29 is 14.7 Å². The molecular formula is C16H16BrN3O3. The number of aromatic nitrogens is 1. The van der Waals surface area contributed by atoms with Crippen LogP contribution in [0.1, 0.15) is 19.4 Å². The number of benzene rings is 1. The smallest absolute Gasteiger partial charge is 0.251 e. The summed E-state index contributed by atoms with van der Waals surface area (Å²) in [5.41, 5.74) is 4.12. The number of amides is 2. The molecule has 1 fully saturated rings. The summed E-state index contributed by atoms with van der Waals surface area (Å²) in [6.45, 7) is 3.30. The minimum absolute atomic E-state index is 0.163. The van der Waals surface area contributed by atoms with Gasteiger partial charge in [-0.3, -0.25) is 15.0 Å². The molecule has 0 aliphatic carbocycles. The third-order valence-corrected chi connectivity index (χ3v) is 4.72. The van der Waals surface area contributed by atoms with Crippen LogP contribution >= 0.6 is 15.9 Å². The number of hydrogen-bond acceptors (Lipinski definition) is 5. The molecule has 0 spiro atoms. The number of carbonyl (C=O) groups is 2. The van der Waals surface area contributed by atoms with E-state index < -0.39 is 0 Å². The fraction of sp³-hybridized carbons (Fsp3) is 0.312. The maximum absolute atomic E-state index is 12.2. The number of nitrogens with one attached hydrogen (secondary N) is 1. The summed E-state index contributed by atoms with van der Waals surface area (Å²) in [6, 6.07) is 7.19. The van der Waals surface area contributed by atoms with Gasteiger partial charge in [-0.25, -0.2) is 4.98 Å². The molecule has 23 heavy (non-hydrogen) atoms. The van der Waals surface area contributed by atoms with Crippen LogP contribution in [-0.2, 0) is 16.2 Å². The van der Waals surface area contributed by atoms with Crippen molar-refractivity contribution in [2.24, 2.45) is 11.8 Å². The predicted octanol–water partition coefficient (Wildman–Crippen LogP) is 2.46. The summed E-state index contributed by atoms with van der Waals surface area (Å²) in [5, 5.41) is 11.4. The van der Waals surface area contributed by atoms with Gasteiger partial charge in [0.15, 0.2) is 0 Å². The molecule has 2 amide bonds. The molecule has 2 aromatic rings. The molecule has 1 aromatic heterocycles. The minimum Gasteiger partial charge on any atom is -0.392 e. The van der Waals surface area contributed by atoms with Crippen LogP contribution in [0, 0.1) is 11.8 Å². The molecule has 0 bridgehead atoms. The lowest BCUT2D eigenvalue weighted by Crippen LogP contribution is -2.36. The number of fused-ring (bicyclic) bond motifs is 1. The first-order chi connectivity index (χ1) is 10.9. The maximum Gasteiger partial charge on any atom is 0.251 e. The van der Waals surface area contributed by atoms with Crippen molar-refractivity contribution in [2.75, 3.05) is 5.43 Å². The highest BCUT2D eigenvalue weighted by molar-refractivity contribution is 9.10. The second kappa shape index (κ2) is 5.90. The number of carbonyl (C=O) groups excluding carboxylic acids is 2. The first-order valence-corrected chi connectivity index (χ1v) is 8.06. The van der Waals surface area contributed by atoms with Gasteiger partial charge < -0.3 is 5.11 Å². The zero-order valence-corrected chi connectivity index (χ0v) is 14.3. The molecule has 3 rings (SSSR count). The van der Waals surface area contributed by atoms with Crippen molar-refractivity contribution >= 4 is 44.5 Å². The van der Waals surface area contributed by atoms with Crippen LogP contribution in [0.3, 0.4) is 0 Å². The van der Waals surface area contributed by atoms with E-state index in [0.717, 1.165) is 14.9 Å². The van der Waals surface area contributed by atoms with Gasteiger partial charge in [-0.2, -0.15) is 5.01 Å². The molecule has 6 nitrogen and oxygen atoms in total. The Hall–Kier alpha value is -1.99. The first-order valence-electron chi connectivity index (χ1n) is 7.27. The van der Waals surface area contributed by atoms with E-state index in [1.807, 2.05) is 18.2 Å². The Labute approximate surface area is 141 Å². The lowest BCUT2D eigenvalue weighted by molar-refractivity contribution is -0.138. The average Bonchev–Trinajstić information content (AvgIpc) is 2.71. The molecule has 1 aliphatic heterocycles. The summed E-state index contributed by atoms with van der Waals surface area (Å²) in [7, 11) is 0. The monoisotopic (exact) mass is 377 g/mol. The van der Waals surface area contributed by atoms with E-state index in [2.05, 4.69) is 26.3 Å². The number of aliphatic hydroxyl groups excluding tert-OH is 1. The number of nitrogens with zero attached hydrogens (tertiary/aromatic N) is 2. The lowest BCUT2D eigenvalue weighted by atomic mass is 10.00. The van der Waals surface area contributed by atoms with Crippen molar-refractivity contribution in [3.63, 3.8) is 0 Å². The second-order valence-electron chi connectivity index (χ2n) is 5.69.